The van der Waals surface area contributed by atoms with Crippen molar-refractivity contribution in [3.05, 3.63) is 80.6 Å². The lowest BCUT2D eigenvalue weighted by Gasteiger charge is -2.22. The second-order valence-corrected chi connectivity index (χ2v) is 13.6. The van der Waals surface area contributed by atoms with Crippen LogP contribution in [0.15, 0.2) is 67.9 Å². The van der Waals surface area contributed by atoms with E-state index in [1.807, 2.05) is 0 Å². The lowest BCUT2D eigenvalue weighted by molar-refractivity contribution is 0.280. The van der Waals surface area contributed by atoms with Gasteiger partial charge < -0.3 is 40.9 Å². The topological polar surface area (TPSA) is 312 Å². The molecule has 0 amide bonds. The van der Waals surface area contributed by atoms with Crippen molar-refractivity contribution in [3.8, 4) is 0 Å². The quantitative estimate of drug-likeness (QED) is 0.0455. The first-order valence-corrected chi connectivity index (χ1v) is 18.1. The van der Waals surface area contributed by atoms with Crippen LogP contribution in [0.5, 0.6) is 0 Å². The van der Waals surface area contributed by atoms with Crippen molar-refractivity contribution in [3.63, 3.8) is 0 Å². The summed E-state index contributed by atoms with van der Waals surface area (Å²) in [6, 6.07) is 10.2. The van der Waals surface area contributed by atoms with Crippen molar-refractivity contribution in [1.29, 1.82) is 0 Å². The lowest BCUT2D eigenvalue weighted by atomic mass is 10.1. The van der Waals surface area contributed by atoms with E-state index in [0.29, 0.717) is 0 Å². The molecule has 0 atom stereocenters. The molecule has 2 aromatic heterocycles. The van der Waals surface area contributed by atoms with Crippen molar-refractivity contribution in [1.82, 2.24) is 19.9 Å². The Morgan fingerprint density at radius 3 is 1.25 bits per heavy atom. The Kier molecular flexibility index (Phi) is 13.2. The number of aliphatic hydroxyl groups is 4. The Morgan fingerprint density at radius 2 is 0.942 bits per heavy atom. The van der Waals surface area contributed by atoms with Crippen LogP contribution in [-0.2, 0) is 20.2 Å². The zero-order valence-corrected chi connectivity index (χ0v) is 28.8. The minimum Gasteiger partial charge on any atom is -0.395 e. The van der Waals surface area contributed by atoms with Crippen LogP contribution in [0, 0.1) is 0 Å². The molecule has 0 aliphatic carbocycles. The van der Waals surface area contributed by atoms with Crippen molar-refractivity contribution in [2.24, 2.45) is 0 Å². The largest absolute Gasteiger partial charge is 0.395 e. The number of nitrogens with one attached hydrogen (secondary N) is 4. The minimum atomic E-state index is -4.88. The second-order valence-electron chi connectivity index (χ2n) is 10.8. The third kappa shape index (κ3) is 10.7. The maximum absolute atomic E-state index is 12.4. The number of aromatic nitrogens is 4. The van der Waals surface area contributed by atoms with Crippen LogP contribution < -0.4 is 31.8 Å². The van der Waals surface area contributed by atoms with Gasteiger partial charge in [-0.3, -0.25) is 19.1 Å². The number of H-pyrrole nitrogens is 2. The first-order chi connectivity index (χ1) is 24.6. The highest BCUT2D eigenvalue weighted by Crippen LogP contribution is 2.28. The highest BCUT2D eigenvalue weighted by atomic mass is 32.2. The zero-order chi connectivity index (χ0) is 38.1. The van der Waals surface area contributed by atoms with Crippen molar-refractivity contribution in [2.75, 3.05) is 73.0 Å². The van der Waals surface area contributed by atoms with E-state index in [1.54, 1.807) is 0 Å². The Hall–Kier alpha value is -5.20. The van der Waals surface area contributed by atoms with Gasteiger partial charge in [-0.2, -0.15) is 26.8 Å². The van der Waals surface area contributed by atoms with E-state index in [4.69, 9.17) is 0 Å². The number of hydrogen-bond acceptors (Lipinski definition) is 16. The maximum atomic E-state index is 12.4. The van der Waals surface area contributed by atoms with E-state index in [0.717, 1.165) is 12.1 Å². The summed E-state index contributed by atoms with van der Waals surface area (Å²) in [5.41, 5.74) is -1.56. The molecule has 22 heteroatoms. The highest BCUT2D eigenvalue weighted by molar-refractivity contribution is 7.86. The minimum absolute atomic E-state index is 0.0617. The van der Waals surface area contributed by atoms with Crippen molar-refractivity contribution < 1.29 is 46.4 Å². The molecule has 52 heavy (non-hydrogen) atoms. The van der Waals surface area contributed by atoms with E-state index in [1.165, 1.54) is 58.4 Å². The number of rotatable bonds is 18. The molecular weight excluding hydrogens is 729 g/mol. The maximum Gasteiger partial charge on any atom is 0.348 e. The predicted molar refractivity (Wildman–Crippen MR) is 190 cm³/mol. The average molecular weight is 765 g/mol. The van der Waals surface area contributed by atoms with Crippen LogP contribution >= 0.6 is 0 Å². The van der Waals surface area contributed by atoms with Gasteiger partial charge in [-0.15, -0.1) is 0 Å². The predicted octanol–water partition coefficient (Wildman–Crippen LogP) is -0.414. The van der Waals surface area contributed by atoms with E-state index >= 15 is 0 Å². The summed E-state index contributed by atoms with van der Waals surface area (Å²) in [5.74, 6) is 0.348. The van der Waals surface area contributed by atoms with Gasteiger partial charge in [0.2, 0.25) is 0 Å². The summed E-state index contributed by atoms with van der Waals surface area (Å²) < 4.78 is 69.6. The van der Waals surface area contributed by atoms with Gasteiger partial charge in [-0.25, -0.2) is 9.59 Å². The summed E-state index contributed by atoms with van der Waals surface area (Å²) in [4.78, 5) is 38.6. The second kappa shape index (κ2) is 17.3. The van der Waals surface area contributed by atoms with Crippen LogP contribution in [0.1, 0.15) is 11.1 Å². The van der Waals surface area contributed by atoms with E-state index < -0.39 is 41.4 Å². The van der Waals surface area contributed by atoms with Gasteiger partial charge in [-0.1, -0.05) is 24.3 Å². The van der Waals surface area contributed by atoms with E-state index in [-0.39, 0.29) is 98.4 Å². The lowest BCUT2D eigenvalue weighted by Crippen LogP contribution is -2.32. The normalized spacial score (nSPS) is 11.9. The van der Waals surface area contributed by atoms with Crippen LogP contribution in [0.4, 0.5) is 34.6 Å². The van der Waals surface area contributed by atoms with Gasteiger partial charge in [-0.05, 0) is 35.4 Å². The van der Waals surface area contributed by atoms with Crippen molar-refractivity contribution >= 4 is 67.0 Å². The van der Waals surface area contributed by atoms with Crippen molar-refractivity contribution in [2.45, 2.75) is 9.79 Å². The Labute approximate surface area is 296 Å². The monoisotopic (exact) mass is 764 g/mol. The van der Waals surface area contributed by atoms with Gasteiger partial charge in [0.25, 0.3) is 20.2 Å². The third-order valence-electron chi connectivity index (χ3n) is 7.17. The highest BCUT2D eigenvalue weighted by Gasteiger charge is 2.19. The Morgan fingerprint density at radius 1 is 0.596 bits per heavy atom. The molecule has 20 nitrogen and oxygen atoms in total. The number of hydrogen-bond donors (Lipinski definition) is 10. The van der Waals surface area contributed by atoms with E-state index in [2.05, 4.69) is 30.6 Å². The SMILES string of the molecule is O=c1nc(N(CCO)CCO)cc(Nc2ccc(/C=C/c3ccc(Nc4cc(N(CCO)CCO)nc(=O)[nH]4)cc3S(=O)(=O)O)c(S(=O)(=O)O)c2)[nH]1. The number of anilines is 6. The first kappa shape index (κ1) is 39.6. The summed E-state index contributed by atoms with van der Waals surface area (Å²) >= 11 is 0. The molecule has 0 radical (unpaired) electrons. The zero-order valence-electron chi connectivity index (χ0n) is 27.2. The molecule has 0 saturated heterocycles. The molecular formula is C30H36N8O12S2. The molecule has 0 aliphatic rings. The molecule has 0 unspecified atom stereocenters. The third-order valence-corrected chi connectivity index (χ3v) is 8.99. The summed E-state index contributed by atoms with van der Waals surface area (Å²) in [6.07, 6.45) is 2.36. The fourth-order valence-corrected chi connectivity index (χ4v) is 6.37. The van der Waals surface area contributed by atoms with Gasteiger partial charge >= 0.3 is 11.4 Å². The molecule has 0 aliphatic heterocycles. The molecule has 2 heterocycles. The van der Waals surface area contributed by atoms with Crippen LogP contribution in [-0.4, -0.2) is 119 Å². The summed E-state index contributed by atoms with van der Waals surface area (Å²) in [7, 11) is -9.76. The number of aromatic amines is 2. The Bertz CT molecular complexity index is 2080. The van der Waals surface area contributed by atoms with Gasteiger partial charge in [0, 0.05) is 49.7 Å². The number of nitrogens with zero attached hydrogens (tertiary/aromatic N) is 4. The summed E-state index contributed by atoms with van der Waals surface area (Å²) in [6.45, 7) is -0.905. The molecule has 2 aromatic carbocycles. The fraction of sp³-hybridized carbons (Fsp3) is 0.267. The van der Waals surface area contributed by atoms with Crippen LogP contribution in [0.3, 0.4) is 0 Å². The number of aliphatic hydroxyl groups excluding tert-OH is 4. The van der Waals surface area contributed by atoms with Crippen LogP contribution in [0.2, 0.25) is 0 Å². The van der Waals surface area contributed by atoms with Crippen LogP contribution in [0.25, 0.3) is 12.2 Å². The summed E-state index contributed by atoms with van der Waals surface area (Å²) in [5, 5.41) is 42.9. The molecule has 10 N–H and O–H groups in total. The molecule has 4 aromatic rings. The van der Waals surface area contributed by atoms with Gasteiger partial charge in [0.05, 0.1) is 26.4 Å². The fourth-order valence-electron chi connectivity index (χ4n) is 4.95. The van der Waals surface area contributed by atoms with E-state index in [9.17, 15) is 56.0 Å². The smallest absolute Gasteiger partial charge is 0.348 e. The number of benzene rings is 2. The van der Waals surface area contributed by atoms with Gasteiger partial charge in [0.1, 0.15) is 33.1 Å². The average Bonchev–Trinajstić information content (AvgIpc) is 3.06. The molecule has 0 fully saturated rings. The van der Waals surface area contributed by atoms with Gasteiger partial charge in [0.15, 0.2) is 0 Å². The molecule has 280 valence electrons. The molecule has 4 rings (SSSR count). The standard InChI is InChI=1S/C30H36N8O12S2/c39-11-7-37(8-12-40)27-17-25(33-29(43)35-27)31-21-5-3-19(23(15-21)51(45,46)47)1-2-20-4-6-22(16-24(20)52(48,49)50)32-26-18-28(36-30(44)34-26)38(9-13-41)10-14-42/h1-6,15-18,39-42H,7-14H2,(H,45,46,47)(H,48,49,50)(H2,31,33,35,43)(H2,32,34,36,44)/b2-1+. The Balaban J connectivity index is 1.66. The molecule has 0 saturated carbocycles. The molecule has 0 bridgehead atoms. The molecule has 0 spiro atoms. The first-order valence-electron chi connectivity index (χ1n) is 15.3.